The molecule has 2 N–H and O–H groups in total. The van der Waals surface area contributed by atoms with E-state index < -0.39 is 15.7 Å². The van der Waals surface area contributed by atoms with Crippen LogP contribution in [0.3, 0.4) is 0 Å². The Labute approximate surface area is 198 Å². The number of benzene rings is 1. The second-order valence-electron chi connectivity index (χ2n) is 8.46. The van der Waals surface area contributed by atoms with Crippen LogP contribution in [0.25, 0.3) is 5.69 Å². The van der Waals surface area contributed by atoms with Crippen molar-refractivity contribution < 1.29 is 18.0 Å². The van der Waals surface area contributed by atoms with Crippen LogP contribution < -0.4 is 10.6 Å². The van der Waals surface area contributed by atoms with Gasteiger partial charge in [0.05, 0.1) is 16.8 Å². The molecule has 178 valence electrons. The van der Waals surface area contributed by atoms with Crippen LogP contribution in [0.4, 0.5) is 0 Å². The lowest BCUT2D eigenvalue weighted by molar-refractivity contribution is 0.0922. The van der Waals surface area contributed by atoms with Gasteiger partial charge in [0, 0.05) is 30.6 Å². The standard InChI is InChI=1S/C24H27N5O4S/c1-34(32,33)20-12-10-19(11-13-20)29-16-17(15-26-29)14-25-23(30)21-8-5-9-22(28-21)24(31)27-18-6-3-2-4-7-18/h5,8-13,15-16,18H,2-4,6-7,14H2,1H3,(H,25,30)(H,27,31). The van der Waals surface area contributed by atoms with Gasteiger partial charge in [0.15, 0.2) is 9.84 Å². The van der Waals surface area contributed by atoms with Crippen molar-refractivity contribution in [1.82, 2.24) is 25.4 Å². The molecule has 3 aromatic rings. The number of nitrogens with one attached hydrogen (secondary N) is 2. The van der Waals surface area contributed by atoms with Crippen molar-refractivity contribution in [3.8, 4) is 5.69 Å². The summed E-state index contributed by atoms with van der Waals surface area (Å²) in [6.07, 6.45) is 9.90. The van der Waals surface area contributed by atoms with E-state index in [1.807, 2.05) is 0 Å². The highest BCUT2D eigenvalue weighted by atomic mass is 32.2. The van der Waals surface area contributed by atoms with Crippen LogP contribution in [-0.4, -0.2) is 47.3 Å². The lowest BCUT2D eigenvalue weighted by atomic mass is 9.95. The molecule has 10 heteroatoms. The number of nitrogens with zero attached hydrogens (tertiary/aromatic N) is 3. The number of hydrogen-bond acceptors (Lipinski definition) is 6. The van der Waals surface area contributed by atoms with Crippen LogP contribution in [0, 0.1) is 0 Å². The van der Waals surface area contributed by atoms with E-state index in [4.69, 9.17) is 0 Å². The van der Waals surface area contributed by atoms with Gasteiger partial charge in [0.25, 0.3) is 11.8 Å². The molecule has 0 radical (unpaired) electrons. The van der Waals surface area contributed by atoms with Gasteiger partial charge in [-0.05, 0) is 49.2 Å². The predicted molar refractivity (Wildman–Crippen MR) is 126 cm³/mol. The van der Waals surface area contributed by atoms with E-state index in [1.54, 1.807) is 47.4 Å². The van der Waals surface area contributed by atoms with E-state index in [9.17, 15) is 18.0 Å². The SMILES string of the molecule is CS(=O)(=O)c1ccc(-n2cc(CNC(=O)c3cccc(C(=O)NC4CCCCC4)n3)cn2)cc1. The summed E-state index contributed by atoms with van der Waals surface area (Å²) in [4.78, 5) is 29.6. The minimum absolute atomic E-state index is 0.166. The molecule has 0 spiro atoms. The first-order valence-electron chi connectivity index (χ1n) is 11.2. The molecule has 9 nitrogen and oxygen atoms in total. The Morgan fingerprint density at radius 1 is 1.00 bits per heavy atom. The van der Waals surface area contributed by atoms with Gasteiger partial charge in [-0.1, -0.05) is 25.3 Å². The maximum Gasteiger partial charge on any atom is 0.270 e. The van der Waals surface area contributed by atoms with Gasteiger partial charge in [0.1, 0.15) is 11.4 Å². The molecule has 0 unspecified atom stereocenters. The van der Waals surface area contributed by atoms with Crippen LogP contribution in [0.1, 0.15) is 58.6 Å². The molecular weight excluding hydrogens is 454 g/mol. The number of amides is 2. The summed E-state index contributed by atoms with van der Waals surface area (Å²) in [5.74, 6) is -0.651. The Morgan fingerprint density at radius 3 is 2.35 bits per heavy atom. The molecule has 0 atom stereocenters. The number of rotatable bonds is 7. The highest BCUT2D eigenvalue weighted by Crippen LogP contribution is 2.18. The fourth-order valence-electron chi connectivity index (χ4n) is 3.91. The summed E-state index contributed by atoms with van der Waals surface area (Å²) < 4.78 is 24.8. The molecule has 1 fully saturated rings. The number of hydrogen-bond donors (Lipinski definition) is 2. The third-order valence-corrected chi connectivity index (χ3v) is 6.90. The quantitative estimate of drug-likeness (QED) is 0.535. The zero-order valence-corrected chi connectivity index (χ0v) is 19.7. The highest BCUT2D eigenvalue weighted by molar-refractivity contribution is 7.90. The van der Waals surface area contributed by atoms with Gasteiger partial charge in [0.2, 0.25) is 0 Å². The maximum atomic E-state index is 12.6. The summed E-state index contributed by atoms with van der Waals surface area (Å²) in [7, 11) is -3.27. The van der Waals surface area contributed by atoms with E-state index in [1.165, 1.54) is 18.6 Å². The summed E-state index contributed by atoms with van der Waals surface area (Å²) in [6, 6.07) is 11.4. The fraction of sp³-hybridized carbons (Fsp3) is 0.333. The largest absolute Gasteiger partial charge is 0.348 e. The van der Waals surface area contributed by atoms with Gasteiger partial charge in [-0.3, -0.25) is 9.59 Å². The smallest absolute Gasteiger partial charge is 0.270 e. The van der Waals surface area contributed by atoms with Gasteiger partial charge >= 0.3 is 0 Å². The van der Waals surface area contributed by atoms with Crippen LogP contribution in [0.2, 0.25) is 0 Å². The number of sulfone groups is 1. The highest BCUT2D eigenvalue weighted by Gasteiger charge is 2.18. The predicted octanol–water partition coefficient (Wildman–Crippen LogP) is 2.66. The van der Waals surface area contributed by atoms with Crippen molar-refractivity contribution in [2.45, 2.75) is 49.6 Å². The molecule has 2 heterocycles. The Balaban J connectivity index is 1.35. The van der Waals surface area contributed by atoms with Crippen molar-refractivity contribution in [3.63, 3.8) is 0 Å². The van der Waals surface area contributed by atoms with E-state index in [0.29, 0.717) is 5.69 Å². The summed E-state index contributed by atoms with van der Waals surface area (Å²) in [5, 5.41) is 10.1. The van der Waals surface area contributed by atoms with Crippen LogP contribution >= 0.6 is 0 Å². The van der Waals surface area contributed by atoms with Crippen molar-refractivity contribution in [2.75, 3.05) is 6.26 Å². The average Bonchev–Trinajstić information content (AvgIpc) is 3.32. The third-order valence-electron chi connectivity index (χ3n) is 5.77. The lowest BCUT2D eigenvalue weighted by Gasteiger charge is -2.22. The van der Waals surface area contributed by atoms with Crippen LogP contribution in [0.5, 0.6) is 0 Å². The normalized spacial score (nSPS) is 14.5. The van der Waals surface area contributed by atoms with E-state index in [-0.39, 0.29) is 34.8 Å². The van der Waals surface area contributed by atoms with Gasteiger partial charge in [-0.25, -0.2) is 18.1 Å². The molecule has 34 heavy (non-hydrogen) atoms. The molecule has 1 aliphatic rings. The molecule has 0 aliphatic heterocycles. The Kier molecular flexibility index (Phi) is 7.06. The summed E-state index contributed by atoms with van der Waals surface area (Å²) >= 11 is 0. The van der Waals surface area contributed by atoms with Gasteiger partial charge < -0.3 is 10.6 Å². The molecular formula is C24H27N5O4S. The molecule has 2 aromatic heterocycles. The van der Waals surface area contributed by atoms with Gasteiger partial charge in [-0.2, -0.15) is 5.10 Å². The average molecular weight is 482 g/mol. The molecule has 0 bridgehead atoms. The fourth-order valence-corrected chi connectivity index (χ4v) is 4.54. The molecule has 1 saturated carbocycles. The zero-order valence-electron chi connectivity index (χ0n) is 18.9. The van der Waals surface area contributed by atoms with Crippen molar-refractivity contribution in [2.24, 2.45) is 0 Å². The number of pyridine rings is 1. The summed E-state index contributed by atoms with van der Waals surface area (Å²) in [6.45, 7) is 0.223. The van der Waals surface area contributed by atoms with Crippen molar-refractivity contribution in [1.29, 1.82) is 0 Å². The van der Waals surface area contributed by atoms with Crippen LogP contribution in [-0.2, 0) is 16.4 Å². The minimum atomic E-state index is -3.27. The first-order chi connectivity index (χ1) is 16.3. The van der Waals surface area contributed by atoms with Gasteiger partial charge in [-0.15, -0.1) is 0 Å². The van der Waals surface area contributed by atoms with E-state index in [0.717, 1.165) is 37.5 Å². The molecule has 1 aromatic carbocycles. The van der Waals surface area contributed by atoms with Crippen LogP contribution in [0.15, 0.2) is 59.8 Å². The first-order valence-corrected chi connectivity index (χ1v) is 13.1. The molecule has 4 rings (SSSR count). The lowest BCUT2D eigenvalue weighted by Crippen LogP contribution is -2.36. The number of carbonyl (C=O) groups is 2. The van der Waals surface area contributed by atoms with Crippen molar-refractivity contribution in [3.05, 3.63) is 71.8 Å². The first kappa shape index (κ1) is 23.6. The topological polar surface area (TPSA) is 123 Å². The molecule has 2 amide bonds. The minimum Gasteiger partial charge on any atom is -0.348 e. The number of aromatic nitrogens is 3. The summed E-state index contributed by atoms with van der Waals surface area (Å²) in [5.41, 5.74) is 1.85. The second-order valence-corrected chi connectivity index (χ2v) is 10.5. The Bertz CT molecular complexity index is 1280. The third kappa shape index (κ3) is 5.88. The number of carbonyl (C=O) groups excluding carboxylic acids is 2. The maximum absolute atomic E-state index is 12.6. The Hall–Kier alpha value is -3.53. The molecule has 1 aliphatic carbocycles. The zero-order chi connectivity index (χ0) is 24.1. The van der Waals surface area contributed by atoms with Crippen molar-refractivity contribution >= 4 is 21.7 Å². The van der Waals surface area contributed by atoms with E-state index >= 15 is 0 Å². The Morgan fingerprint density at radius 2 is 1.68 bits per heavy atom. The monoisotopic (exact) mass is 481 g/mol. The van der Waals surface area contributed by atoms with E-state index in [2.05, 4.69) is 20.7 Å². The second kappa shape index (κ2) is 10.2. The molecule has 0 saturated heterocycles.